The zero-order valence-electron chi connectivity index (χ0n) is 14.4. The molecule has 2 aromatic carbocycles. The Balaban J connectivity index is 1.74. The third-order valence-electron chi connectivity index (χ3n) is 3.81. The molecule has 0 bridgehead atoms. The molecule has 0 aliphatic carbocycles. The molecule has 2 rings (SSSR count). The molecule has 5 heteroatoms. The average Bonchev–Trinajstić information content (AvgIpc) is 2.61. The molecule has 0 aromatic heterocycles. The summed E-state index contributed by atoms with van der Waals surface area (Å²) in [5.74, 6) is 0.770. The molecule has 0 saturated carbocycles. The lowest BCUT2D eigenvalue weighted by atomic mass is 10.2. The van der Waals surface area contributed by atoms with Gasteiger partial charge < -0.3 is 14.6 Å². The number of unbranched alkanes of at least 4 members (excludes halogenated alkanes) is 1. The first kappa shape index (κ1) is 19.2. The van der Waals surface area contributed by atoms with Crippen LogP contribution in [0, 0.1) is 6.92 Å². The number of benzene rings is 2. The molecular formula is C20H24O4S. The highest BCUT2D eigenvalue weighted by Gasteiger charge is 2.10. The van der Waals surface area contributed by atoms with E-state index in [0.717, 1.165) is 35.5 Å². The monoisotopic (exact) mass is 360 g/mol. The van der Waals surface area contributed by atoms with Crippen LogP contribution >= 0.6 is 12.6 Å². The first-order valence-corrected chi connectivity index (χ1v) is 8.89. The van der Waals surface area contributed by atoms with Gasteiger partial charge in [0.25, 0.3) is 0 Å². The van der Waals surface area contributed by atoms with Crippen molar-refractivity contribution in [3.63, 3.8) is 0 Å². The van der Waals surface area contributed by atoms with E-state index in [9.17, 15) is 4.79 Å². The standard InChI is InChI=1S/C20H24O4S/c1-15-13-17(24-14-16-7-3-2-4-8-16)10-11-18(15)23-12-6-5-9-19(25)20(21)22/h2-4,7-8,10-11,13,19,25H,5-6,9,12,14H2,1H3,(H,21,22). The van der Waals surface area contributed by atoms with E-state index in [1.165, 1.54) is 0 Å². The van der Waals surface area contributed by atoms with Gasteiger partial charge in [0, 0.05) is 0 Å². The van der Waals surface area contributed by atoms with Crippen LogP contribution in [0.5, 0.6) is 11.5 Å². The second-order valence-corrected chi connectivity index (χ2v) is 6.52. The molecule has 0 aliphatic rings. The number of carboxylic acids is 1. The van der Waals surface area contributed by atoms with Crippen LogP contribution in [0.1, 0.15) is 30.4 Å². The second kappa shape index (κ2) is 9.99. The van der Waals surface area contributed by atoms with Crippen molar-refractivity contribution in [2.24, 2.45) is 0 Å². The smallest absolute Gasteiger partial charge is 0.316 e. The molecule has 0 radical (unpaired) electrons. The fourth-order valence-electron chi connectivity index (χ4n) is 2.36. The van der Waals surface area contributed by atoms with Crippen molar-refractivity contribution in [3.05, 3.63) is 59.7 Å². The third kappa shape index (κ3) is 6.70. The number of hydrogen-bond acceptors (Lipinski definition) is 4. The lowest BCUT2D eigenvalue weighted by Crippen LogP contribution is -2.13. The second-order valence-electron chi connectivity index (χ2n) is 5.90. The highest BCUT2D eigenvalue weighted by atomic mass is 32.1. The molecule has 0 heterocycles. The summed E-state index contributed by atoms with van der Waals surface area (Å²) in [6, 6.07) is 15.8. The summed E-state index contributed by atoms with van der Waals surface area (Å²) < 4.78 is 11.6. The summed E-state index contributed by atoms with van der Waals surface area (Å²) in [4.78, 5) is 10.7. The Morgan fingerprint density at radius 2 is 1.88 bits per heavy atom. The maximum Gasteiger partial charge on any atom is 0.316 e. The molecule has 0 fully saturated rings. The summed E-state index contributed by atoms with van der Waals surface area (Å²) >= 11 is 4.02. The fraction of sp³-hybridized carbons (Fsp3) is 0.350. The van der Waals surface area contributed by atoms with Crippen LogP contribution in [0.2, 0.25) is 0 Å². The van der Waals surface area contributed by atoms with Gasteiger partial charge in [0.2, 0.25) is 0 Å². The van der Waals surface area contributed by atoms with Crippen molar-refractivity contribution >= 4 is 18.6 Å². The molecule has 1 atom stereocenters. The minimum absolute atomic E-state index is 0.537. The van der Waals surface area contributed by atoms with Gasteiger partial charge in [-0.15, -0.1) is 0 Å². The van der Waals surface area contributed by atoms with E-state index >= 15 is 0 Å². The van der Waals surface area contributed by atoms with E-state index in [0.29, 0.717) is 19.6 Å². The Morgan fingerprint density at radius 3 is 2.56 bits per heavy atom. The minimum Gasteiger partial charge on any atom is -0.493 e. The quantitative estimate of drug-likeness (QED) is 0.484. The fourth-order valence-corrected chi connectivity index (χ4v) is 2.54. The molecule has 0 saturated heterocycles. The van der Waals surface area contributed by atoms with Crippen LogP contribution in [0.3, 0.4) is 0 Å². The van der Waals surface area contributed by atoms with Crippen molar-refractivity contribution in [1.29, 1.82) is 0 Å². The van der Waals surface area contributed by atoms with Gasteiger partial charge in [-0.3, -0.25) is 4.79 Å². The Bertz CT molecular complexity index is 673. The molecule has 4 nitrogen and oxygen atoms in total. The Hall–Kier alpha value is -2.14. The number of thiol groups is 1. The van der Waals surface area contributed by atoms with Crippen molar-refractivity contribution < 1.29 is 19.4 Å². The van der Waals surface area contributed by atoms with Gasteiger partial charge >= 0.3 is 5.97 Å². The lowest BCUT2D eigenvalue weighted by Gasteiger charge is -2.12. The van der Waals surface area contributed by atoms with Crippen LogP contribution in [-0.2, 0) is 11.4 Å². The molecule has 0 spiro atoms. The molecule has 2 aromatic rings. The molecule has 0 amide bonds. The van der Waals surface area contributed by atoms with Gasteiger partial charge in [-0.05, 0) is 55.5 Å². The zero-order chi connectivity index (χ0) is 18.1. The molecule has 1 unspecified atom stereocenters. The molecule has 25 heavy (non-hydrogen) atoms. The van der Waals surface area contributed by atoms with E-state index in [1.54, 1.807) is 0 Å². The Morgan fingerprint density at radius 1 is 1.12 bits per heavy atom. The van der Waals surface area contributed by atoms with Crippen LogP contribution < -0.4 is 9.47 Å². The van der Waals surface area contributed by atoms with Gasteiger partial charge in [0.1, 0.15) is 18.1 Å². The van der Waals surface area contributed by atoms with Crippen molar-refractivity contribution in [2.75, 3.05) is 6.61 Å². The Labute approximate surface area is 154 Å². The topological polar surface area (TPSA) is 55.8 Å². The molecule has 0 aliphatic heterocycles. The van der Waals surface area contributed by atoms with Gasteiger partial charge in [-0.2, -0.15) is 12.6 Å². The molecule has 134 valence electrons. The summed E-state index contributed by atoms with van der Waals surface area (Å²) in [5, 5.41) is 8.18. The van der Waals surface area contributed by atoms with Gasteiger partial charge in [0.15, 0.2) is 0 Å². The van der Waals surface area contributed by atoms with Gasteiger partial charge in [-0.25, -0.2) is 0 Å². The highest BCUT2D eigenvalue weighted by molar-refractivity contribution is 7.81. The summed E-state index contributed by atoms with van der Waals surface area (Å²) in [7, 11) is 0. The zero-order valence-corrected chi connectivity index (χ0v) is 15.2. The number of aliphatic carboxylic acids is 1. The van der Waals surface area contributed by atoms with E-state index in [1.807, 2.05) is 55.5 Å². The maximum absolute atomic E-state index is 10.7. The van der Waals surface area contributed by atoms with Crippen LogP contribution in [-0.4, -0.2) is 22.9 Å². The number of carboxylic acid groups (broad SMARTS) is 1. The van der Waals surface area contributed by atoms with Gasteiger partial charge in [-0.1, -0.05) is 30.3 Å². The number of carbonyl (C=O) groups is 1. The summed E-state index contributed by atoms with van der Waals surface area (Å²) in [6.07, 6.45) is 2.13. The highest BCUT2D eigenvalue weighted by Crippen LogP contribution is 2.24. The summed E-state index contributed by atoms with van der Waals surface area (Å²) in [5.41, 5.74) is 2.15. The first-order valence-electron chi connectivity index (χ1n) is 8.37. The van der Waals surface area contributed by atoms with Crippen LogP contribution in [0.15, 0.2) is 48.5 Å². The third-order valence-corrected chi connectivity index (χ3v) is 4.29. The molecule has 1 N–H and O–H groups in total. The van der Waals surface area contributed by atoms with E-state index in [-0.39, 0.29) is 0 Å². The predicted octanol–water partition coefficient (Wildman–Crippen LogP) is 4.51. The van der Waals surface area contributed by atoms with Crippen molar-refractivity contribution in [3.8, 4) is 11.5 Å². The molecular weight excluding hydrogens is 336 g/mol. The lowest BCUT2D eigenvalue weighted by molar-refractivity contribution is -0.136. The number of rotatable bonds is 10. The van der Waals surface area contributed by atoms with Gasteiger partial charge in [0.05, 0.1) is 11.9 Å². The van der Waals surface area contributed by atoms with E-state index in [4.69, 9.17) is 14.6 Å². The normalized spacial score (nSPS) is 11.8. The minimum atomic E-state index is -0.869. The largest absolute Gasteiger partial charge is 0.493 e. The number of aryl methyl sites for hydroxylation is 1. The van der Waals surface area contributed by atoms with Crippen LogP contribution in [0.4, 0.5) is 0 Å². The average molecular weight is 360 g/mol. The van der Waals surface area contributed by atoms with E-state index in [2.05, 4.69) is 12.6 Å². The number of hydrogen-bond donors (Lipinski definition) is 2. The van der Waals surface area contributed by atoms with Crippen LogP contribution in [0.25, 0.3) is 0 Å². The Kier molecular flexibility index (Phi) is 7.67. The maximum atomic E-state index is 10.7. The van der Waals surface area contributed by atoms with Crippen molar-refractivity contribution in [1.82, 2.24) is 0 Å². The summed E-state index contributed by atoms with van der Waals surface area (Å²) in [6.45, 7) is 3.08. The van der Waals surface area contributed by atoms with E-state index < -0.39 is 11.2 Å². The first-order chi connectivity index (χ1) is 12.1. The SMILES string of the molecule is Cc1cc(OCc2ccccc2)ccc1OCCCCC(S)C(=O)O. The van der Waals surface area contributed by atoms with Crippen molar-refractivity contribution in [2.45, 2.75) is 38.0 Å². The predicted molar refractivity (Wildman–Crippen MR) is 102 cm³/mol. The number of ether oxygens (including phenoxy) is 2.